The van der Waals surface area contributed by atoms with Crippen LogP contribution in [0.5, 0.6) is 5.75 Å². The van der Waals surface area contributed by atoms with Crippen LogP contribution in [0.3, 0.4) is 0 Å². The van der Waals surface area contributed by atoms with Gasteiger partial charge in [-0.1, -0.05) is 32.0 Å². The molecule has 1 saturated heterocycles. The highest BCUT2D eigenvalue weighted by molar-refractivity contribution is 5.80. The van der Waals surface area contributed by atoms with Gasteiger partial charge in [0.15, 0.2) is 5.96 Å². The van der Waals surface area contributed by atoms with Crippen molar-refractivity contribution in [3.05, 3.63) is 29.8 Å². The van der Waals surface area contributed by atoms with E-state index in [2.05, 4.69) is 35.1 Å². The molecule has 0 atom stereocenters. The summed E-state index contributed by atoms with van der Waals surface area (Å²) in [5.41, 5.74) is 1.22. The second-order valence-electron chi connectivity index (χ2n) is 6.80. The van der Waals surface area contributed by atoms with Crippen molar-refractivity contribution in [3.63, 3.8) is 0 Å². The second-order valence-corrected chi connectivity index (χ2v) is 6.80. The highest BCUT2D eigenvalue weighted by atomic mass is 16.5. The van der Waals surface area contributed by atoms with E-state index in [0.29, 0.717) is 19.1 Å². The minimum Gasteiger partial charge on any atom is -0.491 e. The number of guanidine groups is 1. The smallest absolute Gasteiger partial charge is 0.308 e. The van der Waals surface area contributed by atoms with E-state index in [4.69, 9.17) is 9.47 Å². The molecule has 2 rings (SSSR count). The number of nitrogens with zero attached hydrogens (tertiary/aromatic N) is 2. The fourth-order valence-electron chi connectivity index (χ4n) is 3.24. The van der Waals surface area contributed by atoms with Crippen molar-refractivity contribution in [2.24, 2.45) is 10.9 Å². The molecule has 0 aromatic heterocycles. The lowest BCUT2D eigenvalue weighted by atomic mass is 9.97. The molecule has 1 aromatic carbocycles. The number of carbonyl (C=O) groups is 1. The molecule has 6 nitrogen and oxygen atoms in total. The molecule has 1 aliphatic rings. The molecule has 1 aliphatic heterocycles. The van der Waals surface area contributed by atoms with E-state index >= 15 is 0 Å². The standard InChI is InChI=1S/C20H31N3O3/c1-15(2)17-7-5-6-8-18(17)26-14-11-22-20(21-3)23-12-9-16(10-13-23)19(24)25-4/h5-8,15-16H,9-14H2,1-4H3,(H,21,22). The Hall–Kier alpha value is -2.24. The first-order valence-corrected chi connectivity index (χ1v) is 9.32. The third-order valence-corrected chi connectivity index (χ3v) is 4.72. The molecule has 0 spiro atoms. The molecule has 1 aromatic rings. The van der Waals surface area contributed by atoms with Crippen LogP contribution in [0.25, 0.3) is 0 Å². The Bertz CT molecular complexity index is 608. The van der Waals surface area contributed by atoms with Gasteiger partial charge in [-0.25, -0.2) is 0 Å². The van der Waals surface area contributed by atoms with Crippen LogP contribution in [0.15, 0.2) is 29.3 Å². The summed E-state index contributed by atoms with van der Waals surface area (Å²) in [5, 5.41) is 3.35. The molecule has 0 saturated carbocycles. The first-order valence-electron chi connectivity index (χ1n) is 9.32. The first-order chi connectivity index (χ1) is 12.6. The second kappa shape index (κ2) is 10.0. The number of ether oxygens (including phenoxy) is 2. The normalized spacial score (nSPS) is 15.9. The van der Waals surface area contributed by atoms with Gasteiger partial charge in [-0.2, -0.15) is 0 Å². The summed E-state index contributed by atoms with van der Waals surface area (Å²) in [6.07, 6.45) is 1.59. The first kappa shape index (κ1) is 20.1. The Kier molecular flexibility index (Phi) is 7.75. The lowest BCUT2D eigenvalue weighted by Crippen LogP contribution is -2.47. The van der Waals surface area contributed by atoms with Gasteiger partial charge in [0.25, 0.3) is 0 Å². The van der Waals surface area contributed by atoms with Crippen LogP contribution in [0.2, 0.25) is 0 Å². The number of likely N-dealkylation sites (tertiary alicyclic amines) is 1. The fourth-order valence-corrected chi connectivity index (χ4v) is 3.24. The molecule has 1 heterocycles. The van der Waals surface area contributed by atoms with Crippen LogP contribution in [0.1, 0.15) is 38.2 Å². The van der Waals surface area contributed by atoms with E-state index in [1.165, 1.54) is 12.7 Å². The van der Waals surface area contributed by atoms with Gasteiger partial charge in [0.05, 0.1) is 19.6 Å². The molecule has 0 unspecified atom stereocenters. The molecule has 1 N–H and O–H groups in total. The number of esters is 1. The lowest BCUT2D eigenvalue weighted by molar-refractivity contribution is -0.146. The molecule has 0 radical (unpaired) electrons. The van der Waals surface area contributed by atoms with Crippen LogP contribution in [-0.2, 0) is 9.53 Å². The van der Waals surface area contributed by atoms with Crippen molar-refractivity contribution in [3.8, 4) is 5.75 Å². The van der Waals surface area contributed by atoms with Gasteiger partial charge in [-0.15, -0.1) is 0 Å². The highest BCUT2D eigenvalue weighted by Crippen LogP contribution is 2.25. The van der Waals surface area contributed by atoms with Gasteiger partial charge in [0, 0.05) is 20.1 Å². The number of para-hydroxylation sites is 1. The maximum Gasteiger partial charge on any atom is 0.308 e. The van der Waals surface area contributed by atoms with Gasteiger partial charge in [-0.3, -0.25) is 9.79 Å². The summed E-state index contributed by atoms with van der Waals surface area (Å²) in [4.78, 5) is 18.2. The van der Waals surface area contributed by atoms with Gasteiger partial charge >= 0.3 is 5.97 Å². The maximum absolute atomic E-state index is 11.6. The Morgan fingerprint density at radius 3 is 2.62 bits per heavy atom. The minimum absolute atomic E-state index is 0.00484. The number of methoxy groups -OCH3 is 1. The Morgan fingerprint density at radius 2 is 2.00 bits per heavy atom. The molecule has 26 heavy (non-hydrogen) atoms. The summed E-state index contributed by atoms with van der Waals surface area (Å²) < 4.78 is 10.8. The molecule has 0 bridgehead atoms. The average Bonchev–Trinajstić information content (AvgIpc) is 2.68. The highest BCUT2D eigenvalue weighted by Gasteiger charge is 2.26. The third-order valence-electron chi connectivity index (χ3n) is 4.72. The minimum atomic E-state index is -0.107. The fraction of sp³-hybridized carbons (Fsp3) is 0.600. The van der Waals surface area contributed by atoms with E-state index < -0.39 is 0 Å². The van der Waals surface area contributed by atoms with Crippen molar-refractivity contribution in [1.82, 2.24) is 10.2 Å². The van der Waals surface area contributed by atoms with Gasteiger partial charge < -0.3 is 19.7 Å². The van der Waals surface area contributed by atoms with E-state index in [-0.39, 0.29) is 11.9 Å². The zero-order valence-corrected chi connectivity index (χ0v) is 16.3. The van der Waals surface area contributed by atoms with Gasteiger partial charge in [0.2, 0.25) is 0 Å². The summed E-state index contributed by atoms with van der Waals surface area (Å²) in [6, 6.07) is 8.17. The van der Waals surface area contributed by atoms with Crippen molar-refractivity contribution < 1.29 is 14.3 Å². The Balaban J connectivity index is 1.77. The summed E-state index contributed by atoms with van der Waals surface area (Å²) >= 11 is 0. The SMILES string of the molecule is CN=C(NCCOc1ccccc1C(C)C)N1CCC(C(=O)OC)CC1. The number of hydrogen-bond acceptors (Lipinski definition) is 4. The predicted molar refractivity (Wildman–Crippen MR) is 104 cm³/mol. The monoisotopic (exact) mass is 361 g/mol. The molecule has 1 fully saturated rings. The summed E-state index contributed by atoms with van der Waals surface area (Å²) in [5.74, 6) is 2.13. The van der Waals surface area contributed by atoms with Crippen molar-refractivity contribution in [2.75, 3.05) is 40.4 Å². The van der Waals surface area contributed by atoms with Crippen LogP contribution in [0, 0.1) is 5.92 Å². The van der Waals surface area contributed by atoms with Crippen molar-refractivity contribution in [2.45, 2.75) is 32.6 Å². The number of carbonyl (C=O) groups excluding carboxylic acids is 1. The van der Waals surface area contributed by atoms with Crippen LogP contribution >= 0.6 is 0 Å². The Morgan fingerprint density at radius 1 is 1.31 bits per heavy atom. The summed E-state index contributed by atoms with van der Waals surface area (Å²) in [7, 11) is 3.23. The molecular weight excluding hydrogens is 330 g/mol. The van der Waals surface area contributed by atoms with Crippen molar-refractivity contribution in [1.29, 1.82) is 0 Å². The maximum atomic E-state index is 11.6. The summed E-state index contributed by atoms with van der Waals surface area (Å²) in [6.45, 7) is 7.19. The molecular formula is C20H31N3O3. The number of benzene rings is 1. The van der Waals surface area contributed by atoms with E-state index in [1.807, 2.05) is 18.2 Å². The zero-order valence-electron chi connectivity index (χ0n) is 16.3. The third kappa shape index (κ3) is 5.38. The van der Waals surface area contributed by atoms with E-state index in [0.717, 1.165) is 37.6 Å². The van der Waals surface area contributed by atoms with E-state index in [1.54, 1.807) is 7.05 Å². The molecule has 6 heteroatoms. The van der Waals surface area contributed by atoms with E-state index in [9.17, 15) is 4.79 Å². The van der Waals surface area contributed by atoms with Crippen molar-refractivity contribution >= 4 is 11.9 Å². The average molecular weight is 361 g/mol. The largest absolute Gasteiger partial charge is 0.491 e. The lowest BCUT2D eigenvalue weighted by Gasteiger charge is -2.33. The molecule has 0 amide bonds. The number of rotatable bonds is 6. The predicted octanol–water partition coefficient (Wildman–Crippen LogP) is 2.65. The van der Waals surface area contributed by atoms with Crippen LogP contribution in [-0.4, -0.2) is 57.2 Å². The van der Waals surface area contributed by atoms with Gasteiger partial charge in [-0.05, 0) is 30.4 Å². The molecule has 144 valence electrons. The zero-order chi connectivity index (χ0) is 18.9. The van der Waals surface area contributed by atoms with Crippen LogP contribution in [0.4, 0.5) is 0 Å². The number of hydrogen-bond donors (Lipinski definition) is 1. The number of piperidine rings is 1. The number of nitrogens with one attached hydrogen (secondary N) is 1. The quantitative estimate of drug-likeness (QED) is 0.365. The Labute approximate surface area is 156 Å². The van der Waals surface area contributed by atoms with Gasteiger partial charge in [0.1, 0.15) is 12.4 Å². The molecule has 0 aliphatic carbocycles. The number of aliphatic imine (C=N–C) groups is 1. The topological polar surface area (TPSA) is 63.2 Å². The van der Waals surface area contributed by atoms with Crippen LogP contribution < -0.4 is 10.1 Å².